The predicted molar refractivity (Wildman–Crippen MR) is 75.1 cm³/mol. The van der Waals surface area contributed by atoms with Crippen LogP contribution in [0.3, 0.4) is 0 Å². The van der Waals surface area contributed by atoms with E-state index in [0.29, 0.717) is 13.1 Å². The second-order valence-electron chi connectivity index (χ2n) is 5.45. The third-order valence-corrected chi connectivity index (χ3v) is 5.68. The minimum Gasteiger partial charge on any atom is -0.363 e. The minimum absolute atomic E-state index is 0.153. The van der Waals surface area contributed by atoms with E-state index in [-0.39, 0.29) is 10.3 Å². The van der Waals surface area contributed by atoms with Gasteiger partial charge in [0.25, 0.3) is 0 Å². The molecule has 1 heterocycles. The van der Waals surface area contributed by atoms with Crippen molar-refractivity contribution in [3.8, 4) is 0 Å². The lowest BCUT2D eigenvalue weighted by Crippen LogP contribution is -2.35. The van der Waals surface area contributed by atoms with Crippen molar-refractivity contribution < 1.29 is 8.42 Å². The molecule has 2 rings (SSSR count). The molecule has 0 bridgehead atoms. The first-order valence-corrected chi connectivity index (χ1v) is 8.37. The number of nitrogens with one attached hydrogen (secondary N) is 2. The second-order valence-corrected chi connectivity index (χ2v) is 7.22. The first kappa shape index (κ1) is 14.6. The van der Waals surface area contributed by atoms with Gasteiger partial charge in [-0.3, -0.25) is 0 Å². The molecule has 1 aliphatic carbocycles. The molecule has 1 aromatic rings. The van der Waals surface area contributed by atoms with Crippen LogP contribution in [0, 0.1) is 5.41 Å². The van der Waals surface area contributed by atoms with E-state index in [1.54, 1.807) is 6.07 Å². The van der Waals surface area contributed by atoms with Gasteiger partial charge in [0.2, 0.25) is 10.0 Å². The zero-order chi connectivity index (χ0) is 13.9. The maximum Gasteiger partial charge on any atom is 0.242 e. The number of aromatic amines is 1. The lowest BCUT2D eigenvalue weighted by atomic mass is 9.84. The van der Waals surface area contributed by atoms with Crippen molar-refractivity contribution in [3.05, 3.63) is 18.0 Å². The number of aromatic nitrogens is 1. The highest BCUT2D eigenvalue weighted by Gasteiger charge is 2.33. The summed E-state index contributed by atoms with van der Waals surface area (Å²) >= 11 is 0. The fraction of sp³-hybridized carbons (Fsp3) is 0.692. The lowest BCUT2D eigenvalue weighted by molar-refractivity contribution is 0.285. The SMILES string of the molecule is CCC1(CNS(=O)(=O)c2c[nH]c(CN)c2)CCCC1. The first-order chi connectivity index (χ1) is 9.01. The molecule has 5 nitrogen and oxygen atoms in total. The Morgan fingerprint density at radius 1 is 1.42 bits per heavy atom. The quantitative estimate of drug-likeness (QED) is 0.743. The largest absolute Gasteiger partial charge is 0.363 e. The summed E-state index contributed by atoms with van der Waals surface area (Å²) in [6, 6.07) is 1.59. The number of hydrogen-bond donors (Lipinski definition) is 3. The van der Waals surface area contributed by atoms with Gasteiger partial charge >= 0.3 is 0 Å². The molecule has 0 aliphatic heterocycles. The highest BCUT2D eigenvalue weighted by molar-refractivity contribution is 7.89. The smallest absolute Gasteiger partial charge is 0.242 e. The minimum atomic E-state index is -3.42. The molecule has 1 aromatic heterocycles. The van der Waals surface area contributed by atoms with E-state index in [1.165, 1.54) is 19.0 Å². The van der Waals surface area contributed by atoms with Gasteiger partial charge in [-0.1, -0.05) is 19.8 Å². The fourth-order valence-electron chi connectivity index (χ4n) is 2.80. The van der Waals surface area contributed by atoms with Gasteiger partial charge in [0.15, 0.2) is 0 Å². The Hall–Kier alpha value is -0.850. The van der Waals surface area contributed by atoms with Crippen LogP contribution in [0.2, 0.25) is 0 Å². The Balaban J connectivity index is 2.05. The molecule has 4 N–H and O–H groups in total. The molecule has 0 aromatic carbocycles. The third kappa shape index (κ3) is 3.19. The van der Waals surface area contributed by atoms with Crippen molar-refractivity contribution >= 4 is 10.0 Å². The van der Waals surface area contributed by atoms with Gasteiger partial charge in [0, 0.05) is 25.0 Å². The average molecular weight is 285 g/mol. The lowest BCUT2D eigenvalue weighted by Gasteiger charge is -2.27. The van der Waals surface area contributed by atoms with Crippen molar-refractivity contribution in [1.29, 1.82) is 0 Å². The standard InChI is InChI=1S/C13H23N3O2S/c1-2-13(5-3-4-6-13)10-16-19(17,18)12-7-11(8-14)15-9-12/h7,9,15-16H,2-6,8,10,14H2,1H3. The van der Waals surface area contributed by atoms with Crippen LogP contribution >= 0.6 is 0 Å². The molecule has 1 aliphatic rings. The van der Waals surface area contributed by atoms with Crippen molar-refractivity contribution in [2.75, 3.05) is 6.54 Å². The van der Waals surface area contributed by atoms with E-state index in [1.807, 2.05) is 0 Å². The highest BCUT2D eigenvalue weighted by atomic mass is 32.2. The molecule has 6 heteroatoms. The Morgan fingerprint density at radius 3 is 2.63 bits per heavy atom. The van der Waals surface area contributed by atoms with Crippen molar-refractivity contribution in [1.82, 2.24) is 9.71 Å². The highest BCUT2D eigenvalue weighted by Crippen LogP contribution is 2.40. The molecule has 0 unspecified atom stereocenters. The third-order valence-electron chi connectivity index (χ3n) is 4.30. The van der Waals surface area contributed by atoms with Crippen LogP contribution in [0.5, 0.6) is 0 Å². The molecule has 0 saturated heterocycles. The molecule has 1 fully saturated rings. The van der Waals surface area contributed by atoms with E-state index >= 15 is 0 Å². The Morgan fingerprint density at radius 2 is 2.11 bits per heavy atom. The maximum atomic E-state index is 12.2. The summed E-state index contributed by atoms with van der Waals surface area (Å²) in [5.41, 5.74) is 6.36. The van der Waals surface area contributed by atoms with E-state index in [2.05, 4.69) is 16.6 Å². The Labute approximate surface area is 115 Å². The van der Waals surface area contributed by atoms with Crippen LogP contribution in [0.15, 0.2) is 17.2 Å². The summed E-state index contributed by atoms with van der Waals surface area (Å²) in [7, 11) is -3.42. The average Bonchev–Trinajstić information content (AvgIpc) is 3.06. The summed E-state index contributed by atoms with van der Waals surface area (Å²) in [6.45, 7) is 2.99. The van der Waals surface area contributed by atoms with Crippen LogP contribution in [0.4, 0.5) is 0 Å². The van der Waals surface area contributed by atoms with Gasteiger partial charge < -0.3 is 10.7 Å². The summed E-state index contributed by atoms with van der Waals surface area (Å²) in [5, 5.41) is 0. The summed E-state index contributed by atoms with van der Waals surface area (Å²) in [6.07, 6.45) is 7.17. The van der Waals surface area contributed by atoms with Crippen molar-refractivity contribution in [2.45, 2.75) is 50.5 Å². The van der Waals surface area contributed by atoms with E-state index in [4.69, 9.17) is 5.73 Å². The zero-order valence-electron chi connectivity index (χ0n) is 11.4. The van der Waals surface area contributed by atoms with Gasteiger partial charge in [0.1, 0.15) is 0 Å². The molecule has 0 radical (unpaired) electrons. The molecule has 0 atom stereocenters. The molecule has 0 spiro atoms. The van der Waals surface area contributed by atoms with Gasteiger partial charge in [-0.15, -0.1) is 0 Å². The van der Waals surface area contributed by atoms with Gasteiger partial charge in [0.05, 0.1) is 4.90 Å². The van der Waals surface area contributed by atoms with Crippen molar-refractivity contribution in [2.24, 2.45) is 11.1 Å². The maximum absolute atomic E-state index is 12.2. The molecular weight excluding hydrogens is 262 g/mol. The number of sulfonamides is 1. The van der Waals surface area contributed by atoms with Crippen LogP contribution in [-0.4, -0.2) is 19.9 Å². The number of H-pyrrole nitrogens is 1. The monoisotopic (exact) mass is 285 g/mol. The second kappa shape index (κ2) is 5.64. The first-order valence-electron chi connectivity index (χ1n) is 6.88. The Kier molecular flexibility index (Phi) is 4.32. The molecule has 1 saturated carbocycles. The number of rotatable bonds is 6. The molecule has 0 amide bonds. The van der Waals surface area contributed by atoms with Crippen LogP contribution in [0.25, 0.3) is 0 Å². The summed E-state index contributed by atoms with van der Waals surface area (Å²) in [5.74, 6) is 0. The summed E-state index contributed by atoms with van der Waals surface area (Å²) in [4.78, 5) is 3.14. The number of hydrogen-bond acceptors (Lipinski definition) is 3. The molecule has 19 heavy (non-hydrogen) atoms. The van der Waals surface area contributed by atoms with Crippen molar-refractivity contribution in [3.63, 3.8) is 0 Å². The van der Waals surface area contributed by atoms with Crippen LogP contribution in [-0.2, 0) is 16.6 Å². The Bertz CT molecular complexity index is 516. The van der Waals surface area contributed by atoms with Gasteiger partial charge in [-0.2, -0.15) is 0 Å². The van der Waals surface area contributed by atoms with Crippen LogP contribution in [0.1, 0.15) is 44.7 Å². The predicted octanol–water partition coefficient (Wildman–Crippen LogP) is 1.72. The summed E-state index contributed by atoms with van der Waals surface area (Å²) < 4.78 is 27.2. The zero-order valence-corrected chi connectivity index (χ0v) is 12.2. The van der Waals surface area contributed by atoms with Crippen LogP contribution < -0.4 is 10.5 Å². The topological polar surface area (TPSA) is 88.0 Å². The normalized spacial score (nSPS) is 18.8. The molecule has 108 valence electrons. The van der Waals surface area contributed by atoms with E-state index in [0.717, 1.165) is 25.0 Å². The van der Waals surface area contributed by atoms with Gasteiger partial charge in [-0.05, 0) is 30.7 Å². The molecular formula is C13H23N3O2S. The van der Waals surface area contributed by atoms with E-state index < -0.39 is 10.0 Å². The van der Waals surface area contributed by atoms with E-state index in [9.17, 15) is 8.42 Å². The number of nitrogens with two attached hydrogens (primary N) is 1. The van der Waals surface area contributed by atoms with Gasteiger partial charge in [-0.25, -0.2) is 13.1 Å². The fourth-order valence-corrected chi connectivity index (χ4v) is 3.98.